The lowest BCUT2D eigenvalue weighted by Gasteiger charge is -2.16. The average Bonchev–Trinajstić information content (AvgIpc) is 2.87. The molecule has 1 aromatic heterocycles. The van der Waals surface area contributed by atoms with Gasteiger partial charge in [-0.15, -0.1) is 0 Å². The fourth-order valence-electron chi connectivity index (χ4n) is 2.24. The molecule has 1 fully saturated rings. The second-order valence-electron chi connectivity index (χ2n) is 4.96. The summed E-state index contributed by atoms with van der Waals surface area (Å²) in [4.78, 5) is 27.4. The summed E-state index contributed by atoms with van der Waals surface area (Å²) in [5.41, 5.74) is -0.775. The minimum Gasteiger partial charge on any atom is -0.390 e. The van der Waals surface area contributed by atoms with Gasteiger partial charge in [-0.2, -0.15) is 0 Å². The zero-order valence-electron chi connectivity index (χ0n) is 12.6. The Kier molecular flexibility index (Phi) is 6.72. The Morgan fingerprint density at radius 1 is 1.52 bits per heavy atom. The first-order valence-electron chi connectivity index (χ1n) is 7.18. The summed E-state index contributed by atoms with van der Waals surface area (Å²) in [6.45, 7) is 2.66. The van der Waals surface area contributed by atoms with Crippen LogP contribution in [0.25, 0.3) is 6.08 Å². The molecule has 0 aromatic carbocycles. The quantitative estimate of drug-likeness (QED) is 0.520. The Bertz CT molecular complexity index is 655. The van der Waals surface area contributed by atoms with Crippen molar-refractivity contribution >= 4 is 22.0 Å². The van der Waals surface area contributed by atoms with Crippen LogP contribution in [-0.2, 0) is 14.2 Å². The number of halogens is 1. The molecule has 0 bridgehead atoms. The minimum atomic E-state index is -0.768. The van der Waals surface area contributed by atoms with Crippen LogP contribution >= 0.6 is 15.9 Å². The summed E-state index contributed by atoms with van der Waals surface area (Å²) in [6, 6.07) is 0. The molecule has 0 spiro atoms. The number of hydrogen-bond acceptors (Lipinski definition) is 6. The maximum Gasteiger partial charge on any atom is 0.330 e. The molecule has 0 aliphatic carbocycles. The molecule has 128 valence electrons. The van der Waals surface area contributed by atoms with E-state index in [-0.39, 0.29) is 19.8 Å². The predicted octanol–water partition coefficient (Wildman–Crippen LogP) is 0.561. The summed E-state index contributed by atoms with van der Waals surface area (Å²) >= 11 is 3.09. The van der Waals surface area contributed by atoms with Crippen molar-refractivity contribution in [2.75, 3.05) is 20.0 Å². The van der Waals surface area contributed by atoms with Gasteiger partial charge in [0.2, 0.25) is 0 Å². The van der Waals surface area contributed by atoms with Crippen LogP contribution in [0.2, 0.25) is 0 Å². The summed E-state index contributed by atoms with van der Waals surface area (Å²) in [6.07, 6.45) is 1.15. The molecular weight excluding hydrogens is 372 g/mol. The third-order valence-electron chi connectivity index (χ3n) is 3.41. The maximum absolute atomic E-state index is 12.0. The summed E-state index contributed by atoms with van der Waals surface area (Å²) < 4.78 is 17.2. The van der Waals surface area contributed by atoms with E-state index in [1.54, 1.807) is 0 Å². The number of rotatable bonds is 7. The highest BCUT2D eigenvalue weighted by molar-refractivity contribution is 9.11. The van der Waals surface area contributed by atoms with Gasteiger partial charge in [-0.3, -0.25) is 14.3 Å². The molecule has 0 amide bonds. The van der Waals surface area contributed by atoms with Gasteiger partial charge in [0, 0.05) is 19.2 Å². The molecule has 9 heteroatoms. The van der Waals surface area contributed by atoms with E-state index in [9.17, 15) is 14.7 Å². The highest BCUT2D eigenvalue weighted by Gasteiger charge is 2.35. The van der Waals surface area contributed by atoms with Gasteiger partial charge in [-0.05, 0) is 18.0 Å². The third-order valence-corrected chi connectivity index (χ3v) is 3.67. The highest BCUT2D eigenvalue weighted by Crippen LogP contribution is 2.27. The molecule has 3 atom stereocenters. The number of ether oxygens (including phenoxy) is 3. The van der Waals surface area contributed by atoms with E-state index in [1.807, 2.05) is 6.92 Å². The normalized spacial score (nSPS) is 24.6. The fraction of sp³-hybridized carbons (Fsp3) is 0.571. The van der Waals surface area contributed by atoms with E-state index in [1.165, 1.54) is 21.8 Å². The lowest BCUT2D eigenvalue weighted by Crippen LogP contribution is -2.33. The van der Waals surface area contributed by atoms with E-state index in [4.69, 9.17) is 14.2 Å². The minimum absolute atomic E-state index is 0.118. The zero-order chi connectivity index (χ0) is 16.8. The van der Waals surface area contributed by atoms with Crippen molar-refractivity contribution < 1.29 is 19.3 Å². The summed E-state index contributed by atoms with van der Waals surface area (Å²) in [7, 11) is 0. The third kappa shape index (κ3) is 4.61. The molecule has 1 saturated heterocycles. The Morgan fingerprint density at radius 3 is 3.00 bits per heavy atom. The van der Waals surface area contributed by atoms with Crippen LogP contribution in [0, 0.1) is 0 Å². The van der Waals surface area contributed by atoms with Crippen LogP contribution in [0.1, 0.15) is 25.1 Å². The number of hydrogen-bond donors (Lipinski definition) is 2. The van der Waals surface area contributed by atoms with Gasteiger partial charge in [-0.25, -0.2) is 4.79 Å². The molecule has 8 nitrogen and oxygen atoms in total. The van der Waals surface area contributed by atoms with E-state index in [0.717, 1.165) is 0 Å². The van der Waals surface area contributed by atoms with Crippen molar-refractivity contribution in [3.63, 3.8) is 0 Å². The molecule has 2 heterocycles. The number of aliphatic hydroxyl groups excluding tert-OH is 1. The number of aromatic amines is 1. The van der Waals surface area contributed by atoms with Crippen LogP contribution in [-0.4, -0.2) is 46.9 Å². The van der Waals surface area contributed by atoms with Crippen molar-refractivity contribution in [2.24, 2.45) is 0 Å². The first kappa shape index (κ1) is 18.1. The van der Waals surface area contributed by atoms with Crippen molar-refractivity contribution in [1.29, 1.82) is 0 Å². The Labute approximate surface area is 140 Å². The van der Waals surface area contributed by atoms with E-state index >= 15 is 0 Å². The van der Waals surface area contributed by atoms with Crippen molar-refractivity contribution in [3.8, 4) is 0 Å². The van der Waals surface area contributed by atoms with Crippen LogP contribution in [0.5, 0.6) is 0 Å². The van der Waals surface area contributed by atoms with Gasteiger partial charge in [0.1, 0.15) is 19.1 Å². The number of nitrogens with one attached hydrogen (secondary N) is 1. The highest BCUT2D eigenvalue weighted by atomic mass is 79.9. The van der Waals surface area contributed by atoms with Crippen molar-refractivity contribution in [3.05, 3.63) is 37.6 Å². The van der Waals surface area contributed by atoms with Gasteiger partial charge in [-0.1, -0.05) is 15.9 Å². The molecule has 1 aliphatic heterocycles. The van der Waals surface area contributed by atoms with E-state index < -0.39 is 29.7 Å². The number of nitrogens with zero attached hydrogens (tertiary/aromatic N) is 1. The molecule has 1 aromatic rings. The molecule has 0 radical (unpaired) electrons. The number of aliphatic hydroxyl groups is 1. The monoisotopic (exact) mass is 390 g/mol. The molecule has 23 heavy (non-hydrogen) atoms. The van der Waals surface area contributed by atoms with Crippen molar-refractivity contribution in [2.45, 2.75) is 31.8 Å². The van der Waals surface area contributed by atoms with Gasteiger partial charge >= 0.3 is 5.69 Å². The van der Waals surface area contributed by atoms with E-state index in [0.29, 0.717) is 12.2 Å². The van der Waals surface area contributed by atoms with Gasteiger partial charge in [0.05, 0.1) is 18.3 Å². The summed E-state index contributed by atoms with van der Waals surface area (Å²) in [5.74, 6) is 0. The van der Waals surface area contributed by atoms with Crippen molar-refractivity contribution in [1.82, 2.24) is 9.55 Å². The smallest absolute Gasteiger partial charge is 0.330 e. The summed E-state index contributed by atoms with van der Waals surface area (Å²) in [5, 5.41) is 10.0. The largest absolute Gasteiger partial charge is 0.390 e. The standard InChI is InChI=1S/C14H19BrN2O6/c1-2-21-8-22-7-11-10(18)5-12(23-11)17-6-9(3-4-15)13(19)16-14(17)20/h3-4,6,10-12,18H,2,5,7-8H2,1H3,(H,16,19,20)/b4-3+/t10-,11+,12+/m0/s1. The van der Waals surface area contributed by atoms with E-state index in [2.05, 4.69) is 20.9 Å². The lowest BCUT2D eigenvalue weighted by molar-refractivity contribution is -0.109. The van der Waals surface area contributed by atoms with Crippen LogP contribution in [0.4, 0.5) is 0 Å². The molecular formula is C14H19BrN2O6. The predicted molar refractivity (Wildman–Crippen MR) is 86.3 cm³/mol. The molecule has 1 aliphatic rings. The van der Waals surface area contributed by atoms with Crippen LogP contribution in [0.3, 0.4) is 0 Å². The lowest BCUT2D eigenvalue weighted by atomic mass is 10.2. The first-order valence-corrected chi connectivity index (χ1v) is 8.09. The van der Waals surface area contributed by atoms with Crippen LogP contribution < -0.4 is 11.2 Å². The topological polar surface area (TPSA) is 103 Å². The second kappa shape index (κ2) is 8.55. The molecule has 0 unspecified atom stereocenters. The first-order chi connectivity index (χ1) is 11.1. The molecule has 2 rings (SSSR count). The fourth-order valence-corrected chi connectivity index (χ4v) is 2.53. The Hall–Kier alpha value is -1.26. The van der Waals surface area contributed by atoms with Crippen LogP contribution in [0.15, 0.2) is 20.8 Å². The molecule has 0 saturated carbocycles. The SMILES string of the molecule is CCOCOC[C@H]1O[C@@H](n2cc(/C=C/Br)c(=O)[nH]c2=O)C[C@@H]1O. The van der Waals surface area contributed by atoms with Gasteiger partial charge in [0.25, 0.3) is 5.56 Å². The Morgan fingerprint density at radius 2 is 2.30 bits per heavy atom. The molecule has 2 N–H and O–H groups in total. The zero-order valence-corrected chi connectivity index (χ0v) is 14.2. The number of aromatic nitrogens is 2. The number of H-pyrrole nitrogens is 1. The van der Waals surface area contributed by atoms with Gasteiger partial charge in [0.15, 0.2) is 0 Å². The second-order valence-corrected chi connectivity index (χ2v) is 5.49. The van der Waals surface area contributed by atoms with Gasteiger partial charge < -0.3 is 19.3 Å². The maximum atomic E-state index is 12.0. The Balaban J connectivity index is 2.10. The average molecular weight is 391 g/mol.